The first kappa shape index (κ1) is 45.0. The fraction of sp³-hybridized carbons (Fsp3) is 0.438. The minimum atomic E-state index is -3.41. The predicted octanol–water partition coefficient (Wildman–Crippen LogP) is 9.90. The molecule has 4 aromatic carbocycles. The van der Waals surface area contributed by atoms with Crippen LogP contribution in [-0.2, 0) is 25.1 Å². The molecule has 1 N–H and O–H groups in total. The molecule has 0 aliphatic carbocycles. The molecule has 7 nitrogen and oxygen atoms in total. The van der Waals surface area contributed by atoms with E-state index in [1.54, 1.807) is 6.92 Å². The van der Waals surface area contributed by atoms with Crippen molar-refractivity contribution < 1.29 is 41.0 Å². The number of halogens is 4. The molecule has 1 aromatic heterocycles. The number of carbonyl (C=O) groups excluding carboxylic acids is 1. The molecule has 2 atom stereocenters. The number of aromatic nitrogens is 1. The molecule has 6 rings (SSSR count). The summed E-state index contributed by atoms with van der Waals surface area (Å²) in [7, 11) is -3.32. The normalized spacial score (nSPS) is 16.2. The fourth-order valence-electron chi connectivity index (χ4n) is 8.64. The van der Waals surface area contributed by atoms with Crippen LogP contribution < -0.4 is 15.1 Å². The fourth-order valence-corrected chi connectivity index (χ4v) is 13.2. The van der Waals surface area contributed by atoms with Gasteiger partial charge in [0.1, 0.15) is 24.0 Å². The quantitative estimate of drug-likeness (QED) is 0.0364. The Kier molecular flexibility index (Phi) is 15.0. The van der Waals surface area contributed by atoms with Gasteiger partial charge in [0.05, 0.1) is 32.4 Å². The zero-order valence-corrected chi connectivity index (χ0v) is 36.4. The first-order valence-electron chi connectivity index (χ1n) is 21.1. The van der Waals surface area contributed by atoms with Gasteiger partial charge in [-0.05, 0) is 60.2 Å². The van der Waals surface area contributed by atoms with Crippen molar-refractivity contribution in [1.29, 1.82) is 0 Å². The molecule has 0 saturated carbocycles. The van der Waals surface area contributed by atoms with Gasteiger partial charge in [-0.3, -0.25) is 4.90 Å². The second-order valence-corrected chi connectivity index (χ2v) is 21.1. The van der Waals surface area contributed by atoms with E-state index < -0.39 is 56.1 Å². The molecule has 1 aliphatic rings. The number of aromatic amines is 1. The van der Waals surface area contributed by atoms with Crippen LogP contribution in [0.15, 0.2) is 97.1 Å². The number of hydrogen-bond acceptors (Lipinski definition) is 6. The van der Waals surface area contributed by atoms with Crippen LogP contribution in [-0.4, -0.2) is 75.7 Å². The Bertz CT molecular complexity index is 2100. The van der Waals surface area contributed by atoms with E-state index in [0.717, 1.165) is 64.7 Å². The highest BCUT2D eigenvalue weighted by molar-refractivity contribution is 6.99. The van der Waals surface area contributed by atoms with E-state index in [1.165, 1.54) is 4.90 Å². The maximum Gasteiger partial charge on any atom is 0.332 e. The number of ether oxygens (including phenoxy) is 3. The lowest BCUT2D eigenvalue weighted by Crippen LogP contribution is -2.67. The van der Waals surface area contributed by atoms with Crippen LogP contribution in [0.1, 0.15) is 89.6 Å². The average molecular weight is 847 g/mol. The van der Waals surface area contributed by atoms with Gasteiger partial charge >= 0.3 is 5.97 Å². The second-order valence-electron chi connectivity index (χ2n) is 16.8. The van der Waals surface area contributed by atoms with E-state index in [-0.39, 0.29) is 30.5 Å². The Morgan fingerprint density at radius 1 is 0.833 bits per heavy atom. The number of hydrogen-bond donors (Lipinski definition) is 1. The SMILES string of the molecule is CCOC(=O)COCCCCCCCOc1cc(F)c([C@@H]2c3[nH]c4ccccc4c3C[C@@H](C)N2CC(F)(F)CO[Si](c2ccccc2)(c2ccccc2)C(C)(C)C)c(F)c1. The second kappa shape index (κ2) is 19.9. The summed E-state index contributed by atoms with van der Waals surface area (Å²) in [4.78, 5) is 16.3. The summed E-state index contributed by atoms with van der Waals surface area (Å²) in [5.41, 5.74) is 1.82. The Balaban J connectivity index is 1.21. The van der Waals surface area contributed by atoms with Crippen LogP contribution in [0.4, 0.5) is 17.6 Å². The lowest BCUT2D eigenvalue weighted by molar-refractivity contribution is -0.148. The number of benzene rings is 4. The maximum atomic E-state index is 16.8. The molecule has 322 valence electrons. The van der Waals surface area contributed by atoms with E-state index in [4.69, 9.17) is 18.6 Å². The number of H-pyrrole nitrogens is 1. The van der Waals surface area contributed by atoms with Crippen LogP contribution in [0.25, 0.3) is 10.9 Å². The first-order chi connectivity index (χ1) is 28.8. The van der Waals surface area contributed by atoms with E-state index in [0.29, 0.717) is 31.7 Å². The number of alkyl halides is 2. The molecule has 0 spiro atoms. The molecule has 0 bridgehead atoms. The number of nitrogens with zero attached hydrogens (tertiary/aromatic N) is 1. The number of esters is 1. The molecule has 0 fully saturated rings. The molecular weight excluding hydrogens is 789 g/mol. The van der Waals surface area contributed by atoms with E-state index in [1.807, 2.05) is 113 Å². The highest BCUT2D eigenvalue weighted by Gasteiger charge is 2.52. The van der Waals surface area contributed by atoms with Crippen molar-refractivity contribution in [3.8, 4) is 5.75 Å². The van der Waals surface area contributed by atoms with Gasteiger partial charge in [0, 0.05) is 46.9 Å². The van der Waals surface area contributed by atoms with Crippen LogP contribution in [0.5, 0.6) is 5.75 Å². The number of fused-ring (bicyclic) bond motifs is 3. The molecule has 1 aliphatic heterocycles. The Morgan fingerprint density at radius 3 is 2.03 bits per heavy atom. The summed E-state index contributed by atoms with van der Waals surface area (Å²) >= 11 is 0. The molecule has 5 aromatic rings. The lowest BCUT2D eigenvalue weighted by atomic mass is 9.87. The molecule has 2 heterocycles. The summed E-state index contributed by atoms with van der Waals surface area (Å²) in [6, 6.07) is 27.5. The third-order valence-corrected chi connectivity index (χ3v) is 16.4. The topological polar surface area (TPSA) is 73.0 Å². The average Bonchev–Trinajstić information content (AvgIpc) is 3.58. The van der Waals surface area contributed by atoms with Crippen LogP contribution in [0.3, 0.4) is 0 Å². The summed E-state index contributed by atoms with van der Waals surface area (Å²) in [6.45, 7) is 9.00. The van der Waals surface area contributed by atoms with E-state index in [9.17, 15) is 4.79 Å². The van der Waals surface area contributed by atoms with Crippen molar-refractivity contribution in [2.24, 2.45) is 0 Å². The van der Waals surface area contributed by atoms with Gasteiger partial charge in [-0.2, -0.15) is 0 Å². The van der Waals surface area contributed by atoms with Gasteiger partial charge in [-0.25, -0.2) is 22.4 Å². The molecule has 0 unspecified atom stereocenters. The smallest absolute Gasteiger partial charge is 0.332 e. The van der Waals surface area contributed by atoms with Gasteiger partial charge in [-0.1, -0.05) is 119 Å². The van der Waals surface area contributed by atoms with E-state index in [2.05, 4.69) is 4.98 Å². The van der Waals surface area contributed by atoms with Crippen molar-refractivity contribution in [3.63, 3.8) is 0 Å². The van der Waals surface area contributed by atoms with Gasteiger partial charge in [-0.15, -0.1) is 0 Å². The summed E-state index contributed by atoms with van der Waals surface area (Å²) in [6.07, 6.45) is 4.53. The zero-order chi connectivity index (χ0) is 42.9. The van der Waals surface area contributed by atoms with Gasteiger partial charge in [0.15, 0.2) is 0 Å². The maximum absolute atomic E-state index is 16.8. The Morgan fingerprint density at radius 2 is 1.42 bits per heavy atom. The molecule has 0 saturated heterocycles. The van der Waals surface area contributed by atoms with Crippen molar-refractivity contribution in [3.05, 3.63) is 126 Å². The van der Waals surface area contributed by atoms with Crippen molar-refractivity contribution in [2.45, 2.75) is 96.2 Å². The molecule has 12 heteroatoms. The van der Waals surface area contributed by atoms with Gasteiger partial charge in [0.2, 0.25) is 0 Å². The van der Waals surface area contributed by atoms with Crippen LogP contribution in [0.2, 0.25) is 5.04 Å². The highest BCUT2D eigenvalue weighted by atomic mass is 28.4. The minimum Gasteiger partial charge on any atom is -0.493 e. The number of para-hydroxylation sites is 1. The number of rotatable bonds is 20. The van der Waals surface area contributed by atoms with Crippen LogP contribution in [0, 0.1) is 11.6 Å². The van der Waals surface area contributed by atoms with Gasteiger partial charge < -0.3 is 23.6 Å². The number of nitrogens with one attached hydrogen (secondary N) is 1. The minimum absolute atomic E-state index is 0.0393. The third-order valence-electron chi connectivity index (χ3n) is 11.4. The molecular formula is C48H58F4N2O5Si. The van der Waals surface area contributed by atoms with E-state index >= 15 is 17.6 Å². The summed E-state index contributed by atoms with van der Waals surface area (Å²) < 4.78 is 89.3. The van der Waals surface area contributed by atoms with Gasteiger partial charge in [0.25, 0.3) is 14.2 Å². The molecule has 0 radical (unpaired) electrons. The van der Waals surface area contributed by atoms with Crippen molar-refractivity contribution in [1.82, 2.24) is 9.88 Å². The Hall–Kier alpha value is -4.49. The standard InChI is InChI=1S/C48H58F4N2O5Si/c1-6-57-43(55)31-56-26-18-8-7-9-19-27-58-35-29-40(49)44(41(50)30-35)46-45-39(38-24-16-17-25-42(38)53-45)28-34(2)54(46)32-48(51,52)33-59-60(47(3,4)5,36-20-12-10-13-21-36)37-22-14-11-15-23-37/h10-17,20-25,29-30,34,46,53H,6-9,18-19,26-28,31-33H2,1-5H3/t34-,46-/m1/s1. The highest BCUT2D eigenvalue weighted by Crippen LogP contribution is 2.45. The lowest BCUT2D eigenvalue weighted by Gasteiger charge is -2.45. The third kappa shape index (κ3) is 10.3. The largest absolute Gasteiger partial charge is 0.493 e. The summed E-state index contributed by atoms with van der Waals surface area (Å²) in [5, 5.41) is 2.14. The van der Waals surface area contributed by atoms with Crippen molar-refractivity contribution in [2.75, 3.05) is 39.6 Å². The van der Waals surface area contributed by atoms with Crippen molar-refractivity contribution >= 4 is 35.6 Å². The number of carbonyl (C=O) groups is 1. The number of unbranched alkanes of at least 4 members (excludes halogenated alkanes) is 4. The summed E-state index contributed by atoms with van der Waals surface area (Å²) in [5.74, 6) is -5.48. The monoisotopic (exact) mass is 846 g/mol. The predicted molar refractivity (Wildman–Crippen MR) is 231 cm³/mol. The van der Waals surface area contributed by atoms with Crippen LogP contribution >= 0.6 is 0 Å². The first-order valence-corrected chi connectivity index (χ1v) is 23.0. The Labute approximate surface area is 352 Å². The molecule has 60 heavy (non-hydrogen) atoms. The molecule has 0 amide bonds. The zero-order valence-electron chi connectivity index (χ0n) is 35.4.